The van der Waals surface area contributed by atoms with Crippen molar-refractivity contribution < 1.29 is 13.2 Å². The number of nitrogen functional groups attached to an aromatic ring is 1. The fraction of sp³-hybridized carbons (Fsp3) is 0.231. The van der Waals surface area contributed by atoms with Crippen LogP contribution in [-0.2, 0) is 12.7 Å². The molecule has 1 aromatic carbocycles. The molecule has 0 bridgehead atoms. The zero-order chi connectivity index (χ0) is 15.5. The van der Waals surface area contributed by atoms with E-state index < -0.39 is 11.7 Å². The minimum atomic E-state index is -4.39. The van der Waals surface area contributed by atoms with Crippen molar-refractivity contribution in [2.24, 2.45) is 0 Å². The maximum Gasteiger partial charge on any atom is 0.416 e. The number of alkyl halides is 3. The topological polar surface area (TPSA) is 75.9 Å². The molecule has 0 amide bonds. The highest BCUT2D eigenvalue weighted by molar-refractivity contribution is 5.51. The largest absolute Gasteiger partial charge is 0.416 e. The van der Waals surface area contributed by atoms with Gasteiger partial charge in [-0.2, -0.15) is 23.1 Å². The quantitative estimate of drug-likeness (QED) is 0.809. The van der Waals surface area contributed by atoms with Gasteiger partial charge in [0.05, 0.1) is 5.56 Å². The van der Waals surface area contributed by atoms with Crippen LogP contribution in [0.3, 0.4) is 0 Å². The molecule has 1 heterocycles. The van der Waals surface area contributed by atoms with Crippen molar-refractivity contribution >= 4 is 17.6 Å². The van der Waals surface area contributed by atoms with Gasteiger partial charge in [-0.3, -0.25) is 0 Å². The summed E-state index contributed by atoms with van der Waals surface area (Å²) in [5.74, 6) is 0.867. The first-order valence-corrected chi connectivity index (χ1v) is 6.11. The molecule has 4 N–H and O–H groups in total. The van der Waals surface area contributed by atoms with Crippen LogP contribution in [0, 0.1) is 0 Å². The van der Waals surface area contributed by atoms with Crippen molar-refractivity contribution in [3.05, 3.63) is 41.5 Å². The number of rotatable bonds is 4. The van der Waals surface area contributed by atoms with Crippen molar-refractivity contribution in [2.45, 2.75) is 12.7 Å². The van der Waals surface area contributed by atoms with E-state index in [1.165, 1.54) is 12.1 Å². The number of nitrogens with two attached hydrogens (primary N) is 1. The summed E-state index contributed by atoms with van der Waals surface area (Å²) in [6.07, 6.45) is -4.39. The molecule has 0 aliphatic heterocycles. The number of nitrogens with zero attached hydrogens (tertiary/aromatic N) is 2. The Bertz CT molecular complexity index is 627. The number of hydrogen-bond acceptors (Lipinski definition) is 5. The molecule has 0 radical (unpaired) electrons. The average molecular weight is 297 g/mol. The molecule has 2 rings (SSSR count). The lowest BCUT2D eigenvalue weighted by Crippen LogP contribution is -2.12. The van der Waals surface area contributed by atoms with Gasteiger partial charge in [0.2, 0.25) is 5.95 Å². The normalized spacial score (nSPS) is 11.2. The summed E-state index contributed by atoms with van der Waals surface area (Å²) in [5, 5.41) is 5.61. The van der Waals surface area contributed by atoms with Crippen LogP contribution in [0.25, 0.3) is 0 Å². The minimum absolute atomic E-state index is 0.0186. The van der Waals surface area contributed by atoms with E-state index in [0.717, 1.165) is 6.07 Å². The second-order valence-corrected chi connectivity index (χ2v) is 4.26. The summed E-state index contributed by atoms with van der Waals surface area (Å²) >= 11 is 0. The molecule has 0 saturated heterocycles. The monoisotopic (exact) mass is 297 g/mol. The van der Waals surface area contributed by atoms with Crippen LogP contribution in [0.2, 0.25) is 0 Å². The fourth-order valence-corrected chi connectivity index (χ4v) is 1.82. The molecule has 0 saturated carbocycles. The van der Waals surface area contributed by atoms with E-state index in [-0.39, 0.29) is 18.1 Å². The fourth-order valence-electron chi connectivity index (χ4n) is 1.82. The third-order valence-electron chi connectivity index (χ3n) is 2.78. The summed E-state index contributed by atoms with van der Waals surface area (Å²) in [6.45, 7) is -0.0186. The van der Waals surface area contributed by atoms with Gasteiger partial charge in [0.25, 0.3) is 0 Å². The van der Waals surface area contributed by atoms with Gasteiger partial charge < -0.3 is 16.4 Å². The SMILES string of the molecule is CNc1cc(NCc2ccccc2C(F)(F)F)nc(N)n1. The van der Waals surface area contributed by atoms with E-state index in [9.17, 15) is 13.2 Å². The molecule has 0 spiro atoms. The van der Waals surface area contributed by atoms with Crippen LogP contribution in [-0.4, -0.2) is 17.0 Å². The summed E-state index contributed by atoms with van der Waals surface area (Å²) < 4.78 is 38.6. The predicted molar refractivity (Wildman–Crippen MR) is 74.8 cm³/mol. The van der Waals surface area contributed by atoms with Crippen LogP contribution in [0.1, 0.15) is 11.1 Å². The lowest BCUT2D eigenvalue weighted by atomic mass is 10.1. The number of aromatic nitrogens is 2. The summed E-state index contributed by atoms with van der Waals surface area (Å²) in [7, 11) is 1.66. The first-order valence-electron chi connectivity index (χ1n) is 6.11. The molecule has 5 nitrogen and oxygen atoms in total. The number of nitrogens with one attached hydrogen (secondary N) is 2. The van der Waals surface area contributed by atoms with Crippen LogP contribution in [0.4, 0.5) is 30.8 Å². The summed E-state index contributed by atoms with van der Waals surface area (Å²) in [4.78, 5) is 7.82. The Morgan fingerprint density at radius 2 is 1.81 bits per heavy atom. The smallest absolute Gasteiger partial charge is 0.373 e. The molecule has 0 atom stereocenters. The highest BCUT2D eigenvalue weighted by Gasteiger charge is 2.32. The molecular formula is C13H14F3N5. The van der Waals surface area contributed by atoms with E-state index in [2.05, 4.69) is 20.6 Å². The maximum absolute atomic E-state index is 12.9. The molecule has 0 aliphatic rings. The zero-order valence-corrected chi connectivity index (χ0v) is 11.2. The zero-order valence-electron chi connectivity index (χ0n) is 11.2. The summed E-state index contributed by atoms with van der Waals surface area (Å²) in [5.41, 5.74) is 4.98. The van der Waals surface area contributed by atoms with Crippen molar-refractivity contribution in [3.8, 4) is 0 Å². The van der Waals surface area contributed by atoms with Gasteiger partial charge in [0.1, 0.15) is 11.6 Å². The Morgan fingerprint density at radius 1 is 1.14 bits per heavy atom. The van der Waals surface area contributed by atoms with Crippen molar-refractivity contribution in [2.75, 3.05) is 23.4 Å². The Labute approximate surface area is 119 Å². The van der Waals surface area contributed by atoms with Crippen LogP contribution >= 0.6 is 0 Å². The molecule has 2 aromatic rings. The van der Waals surface area contributed by atoms with Crippen molar-refractivity contribution in [1.82, 2.24) is 9.97 Å². The lowest BCUT2D eigenvalue weighted by molar-refractivity contribution is -0.138. The van der Waals surface area contributed by atoms with Gasteiger partial charge in [-0.05, 0) is 11.6 Å². The molecule has 0 fully saturated rings. The lowest BCUT2D eigenvalue weighted by Gasteiger charge is -2.14. The van der Waals surface area contributed by atoms with Crippen LogP contribution in [0.5, 0.6) is 0 Å². The molecule has 0 aliphatic carbocycles. The van der Waals surface area contributed by atoms with Crippen molar-refractivity contribution in [1.29, 1.82) is 0 Å². The highest BCUT2D eigenvalue weighted by atomic mass is 19.4. The highest BCUT2D eigenvalue weighted by Crippen LogP contribution is 2.32. The Kier molecular flexibility index (Phi) is 4.15. The Hall–Kier alpha value is -2.51. The van der Waals surface area contributed by atoms with Crippen LogP contribution < -0.4 is 16.4 Å². The molecule has 1 aromatic heterocycles. The third kappa shape index (κ3) is 3.74. The molecule has 21 heavy (non-hydrogen) atoms. The van der Waals surface area contributed by atoms with Gasteiger partial charge in [0.15, 0.2) is 0 Å². The van der Waals surface area contributed by atoms with Gasteiger partial charge >= 0.3 is 6.18 Å². The summed E-state index contributed by atoms with van der Waals surface area (Å²) in [6, 6.07) is 6.93. The Morgan fingerprint density at radius 3 is 2.48 bits per heavy atom. The number of benzene rings is 1. The van der Waals surface area contributed by atoms with E-state index in [0.29, 0.717) is 11.6 Å². The van der Waals surface area contributed by atoms with E-state index >= 15 is 0 Å². The van der Waals surface area contributed by atoms with Gasteiger partial charge in [-0.25, -0.2) is 0 Å². The van der Waals surface area contributed by atoms with E-state index in [1.54, 1.807) is 19.2 Å². The number of anilines is 3. The van der Waals surface area contributed by atoms with Gasteiger partial charge in [0, 0.05) is 19.7 Å². The Balaban J connectivity index is 2.19. The molecule has 0 unspecified atom stereocenters. The number of hydrogen-bond donors (Lipinski definition) is 3. The maximum atomic E-state index is 12.9. The van der Waals surface area contributed by atoms with Gasteiger partial charge in [-0.1, -0.05) is 18.2 Å². The predicted octanol–water partition coefficient (Wildman–Crippen LogP) is 2.73. The standard InChI is InChI=1S/C13H14F3N5/c1-18-10-6-11(21-12(17)20-10)19-7-8-4-2-3-5-9(8)13(14,15)16/h2-6H,7H2,1H3,(H4,17,18,19,20,21). The second kappa shape index (κ2) is 5.86. The molecule has 8 heteroatoms. The minimum Gasteiger partial charge on any atom is -0.373 e. The first-order chi connectivity index (χ1) is 9.90. The van der Waals surface area contributed by atoms with Crippen LogP contribution in [0.15, 0.2) is 30.3 Å². The van der Waals surface area contributed by atoms with Crippen molar-refractivity contribution in [3.63, 3.8) is 0 Å². The molecule has 112 valence electrons. The van der Waals surface area contributed by atoms with E-state index in [4.69, 9.17) is 5.73 Å². The number of halogens is 3. The second-order valence-electron chi connectivity index (χ2n) is 4.26. The van der Waals surface area contributed by atoms with E-state index in [1.807, 2.05) is 0 Å². The third-order valence-corrected chi connectivity index (χ3v) is 2.78. The average Bonchev–Trinajstić information content (AvgIpc) is 2.44. The van der Waals surface area contributed by atoms with Gasteiger partial charge in [-0.15, -0.1) is 0 Å². The molecular weight excluding hydrogens is 283 g/mol. The first kappa shape index (κ1) is 14.9.